The van der Waals surface area contributed by atoms with Crippen molar-refractivity contribution in [2.45, 2.75) is 66.0 Å². The van der Waals surface area contributed by atoms with Crippen LogP contribution in [0.25, 0.3) is 0 Å². The maximum Gasteiger partial charge on any atom is 0.326 e. The van der Waals surface area contributed by atoms with Crippen LogP contribution < -0.4 is 5.32 Å². The van der Waals surface area contributed by atoms with Crippen LogP contribution in [0.1, 0.15) is 61.9 Å². The van der Waals surface area contributed by atoms with Gasteiger partial charge < -0.3 is 15.3 Å². The van der Waals surface area contributed by atoms with Gasteiger partial charge in [0.1, 0.15) is 6.04 Å². The number of aryl methyl sites for hydroxylation is 2. The maximum absolute atomic E-state index is 12.9. The van der Waals surface area contributed by atoms with Gasteiger partial charge in [-0.1, -0.05) is 57.5 Å². The Hall–Kier alpha value is -2.41. The van der Waals surface area contributed by atoms with Crippen LogP contribution >= 0.6 is 11.3 Å². The van der Waals surface area contributed by atoms with Gasteiger partial charge in [0.15, 0.2) is 0 Å². The van der Waals surface area contributed by atoms with Gasteiger partial charge in [0.05, 0.1) is 17.2 Å². The van der Waals surface area contributed by atoms with E-state index >= 15 is 0 Å². The fourth-order valence-corrected chi connectivity index (χ4v) is 3.90. The Bertz CT molecular complexity index is 830. The summed E-state index contributed by atoms with van der Waals surface area (Å²) in [7, 11) is 0. The Morgan fingerprint density at radius 3 is 2.37 bits per heavy atom. The molecule has 7 heteroatoms. The first kappa shape index (κ1) is 23.9. The lowest BCUT2D eigenvalue weighted by molar-refractivity contribution is -0.140. The largest absolute Gasteiger partial charge is 0.480 e. The molecule has 2 N–H and O–H groups in total. The minimum atomic E-state index is -1.02. The van der Waals surface area contributed by atoms with Gasteiger partial charge in [-0.25, -0.2) is 14.6 Å². The smallest absolute Gasteiger partial charge is 0.326 e. The van der Waals surface area contributed by atoms with E-state index in [0.717, 1.165) is 23.5 Å². The molecule has 2 rings (SSSR count). The number of nitrogens with one attached hydrogen (secondary N) is 1. The Balaban J connectivity index is 2.08. The Kier molecular flexibility index (Phi) is 8.84. The number of amides is 2. The van der Waals surface area contributed by atoms with Crippen molar-refractivity contribution in [1.82, 2.24) is 15.2 Å². The summed E-state index contributed by atoms with van der Waals surface area (Å²) in [5.74, 6) is -0.883. The van der Waals surface area contributed by atoms with E-state index in [4.69, 9.17) is 0 Å². The van der Waals surface area contributed by atoms with E-state index in [1.165, 1.54) is 11.1 Å². The van der Waals surface area contributed by atoms with Gasteiger partial charge in [0, 0.05) is 17.8 Å². The first-order chi connectivity index (χ1) is 14.2. The average Bonchev–Trinajstić information content (AvgIpc) is 3.15. The number of hydrogen-bond acceptors (Lipinski definition) is 4. The van der Waals surface area contributed by atoms with Crippen LogP contribution in [0.15, 0.2) is 29.6 Å². The molecule has 0 bridgehead atoms. The number of aliphatic carboxylic acids is 1. The van der Waals surface area contributed by atoms with Crippen LogP contribution in [-0.2, 0) is 17.8 Å². The van der Waals surface area contributed by atoms with Crippen LogP contribution in [0.3, 0.4) is 0 Å². The number of carbonyl (C=O) groups is 2. The van der Waals surface area contributed by atoms with Crippen molar-refractivity contribution in [3.8, 4) is 0 Å². The number of carboxylic acids is 1. The number of thiazole rings is 1. The SMILES string of the molecule is Cc1ccc(CCCN(Cc2csc(C(C)C)n2)C(=O)N[C@H](C(=O)O)C(C)C)cc1. The van der Waals surface area contributed by atoms with E-state index < -0.39 is 12.0 Å². The topological polar surface area (TPSA) is 82.5 Å². The second kappa shape index (κ2) is 11.1. The van der Waals surface area contributed by atoms with E-state index in [9.17, 15) is 14.7 Å². The summed E-state index contributed by atoms with van der Waals surface area (Å²) in [4.78, 5) is 30.8. The summed E-state index contributed by atoms with van der Waals surface area (Å²) in [6.45, 7) is 10.7. The van der Waals surface area contributed by atoms with Crippen molar-refractivity contribution in [3.05, 3.63) is 51.5 Å². The molecule has 1 aromatic carbocycles. The summed E-state index contributed by atoms with van der Waals surface area (Å²) < 4.78 is 0. The second-order valence-electron chi connectivity index (χ2n) is 8.35. The normalized spacial score (nSPS) is 12.2. The number of benzene rings is 1. The molecule has 0 aliphatic carbocycles. The van der Waals surface area contributed by atoms with Gasteiger partial charge in [-0.2, -0.15) is 0 Å². The molecule has 1 aromatic heterocycles. The van der Waals surface area contributed by atoms with E-state index in [-0.39, 0.29) is 11.9 Å². The van der Waals surface area contributed by atoms with Gasteiger partial charge in [0.25, 0.3) is 0 Å². The van der Waals surface area contributed by atoms with Crippen LogP contribution in [0.4, 0.5) is 4.79 Å². The number of aromatic nitrogens is 1. The molecule has 164 valence electrons. The molecular weight excluding hydrogens is 398 g/mol. The quantitative estimate of drug-likeness (QED) is 0.564. The molecule has 30 heavy (non-hydrogen) atoms. The zero-order chi connectivity index (χ0) is 22.3. The zero-order valence-electron chi connectivity index (χ0n) is 18.5. The molecule has 2 amide bonds. The van der Waals surface area contributed by atoms with Crippen LogP contribution in [0, 0.1) is 12.8 Å². The van der Waals surface area contributed by atoms with E-state index in [1.807, 2.05) is 5.38 Å². The maximum atomic E-state index is 12.9. The van der Waals surface area contributed by atoms with Crippen molar-refractivity contribution in [1.29, 1.82) is 0 Å². The molecule has 1 atom stereocenters. The van der Waals surface area contributed by atoms with Crippen molar-refractivity contribution in [3.63, 3.8) is 0 Å². The summed E-state index contributed by atoms with van der Waals surface area (Å²) in [6.07, 6.45) is 1.64. The molecule has 0 aliphatic rings. The predicted molar refractivity (Wildman–Crippen MR) is 121 cm³/mol. The number of rotatable bonds is 10. The highest BCUT2D eigenvalue weighted by Gasteiger charge is 2.26. The minimum Gasteiger partial charge on any atom is -0.480 e. The Labute approximate surface area is 183 Å². The summed E-state index contributed by atoms with van der Waals surface area (Å²) in [5.41, 5.74) is 3.28. The Morgan fingerprint density at radius 1 is 1.17 bits per heavy atom. The summed E-state index contributed by atoms with van der Waals surface area (Å²) >= 11 is 1.59. The molecule has 0 saturated carbocycles. The molecular formula is C23H33N3O3S. The van der Waals surface area contributed by atoms with Gasteiger partial charge in [-0.15, -0.1) is 11.3 Å². The number of nitrogens with zero attached hydrogens (tertiary/aromatic N) is 2. The van der Waals surface area contributed by atoms with Gasteiger partial charge in [0.2, 0.25) is 0 Å². The lowest BCUT2D eigenvalue weighted by Crippen LogP contribution is -2.50. The van der Waals surface area contributed by atoms with Crippen LogP contribution in [0.2, 0.25) is 0 Å². The van der Waals surface area contributed by atoms with Crippen molar-refractivity contribution < 1.29 is 14.7 Å². The molecule has 0 fully saturated rings. The first-order valence-corrected chi connectivity index (χ1v) is 11.3. The van der Waals surface area contributed by atoms with Crippen LogP contribution in [0.5, 0.6) is 0 Å². The van der Waals surface area contributed by atoms with Gasteiger partial charge in [-0.05, 0) is 31.2 Å². The molecule has 0 aliphatic heterocycles. The van der Waals surface area contributed by atoms with Gasteiger partial charge in [-0.3, -0.25) is 0 Å². The number of urea groups is 1. The number of carboxylic acid groups (broad SMARTS) is 1. The fourth-order valence-electron chi connectivity index (χ4n) is 3.08. The summed E-state index contributed by atoms with van der Waals surface area (Å²) in [5, 5.41) is 15.1. The standard InChI is InChI=1S/C23H33N3O3S/c1-15(2)20(22(27)28)25-23(29)26(13-19-14-30-21(24-19)16(3)4)12-6-7-18-10-8-17(5)9-11-18/h8-11,14-16,20H,6-7,12-13H2,1-5H3,(H,25,29)(H,27,28)/t20-/m0/s1. The minimum absolute atomic E-state index is 0.201. The fraction of sp³-hybridized carbons (Fsp3) is 0.522. The molecule has 0 radical (unpaired) electrons. The highest BCUT2D eigenvalue weighted by molar-refractivity contribution is 7.09. The molecule has 0 spiro atoms. The van der Waals surface area contributed by atoms with E-state index in [2.05, 4.69) is 55.3 Å². The lowest BCUT2D eigenvalue weighted by atomic mass is 10.1. The van der Waals surface area contributed by atoms with E-state index in [1.54, 1.807) is 30.1 Å². The molecule has 6 nitrogen and oxygen atoms in total. The third kappa shape index (κ3) is 7.13. The summed E-state index contributed by atoms with van der Waals surface area (Å²) in [6, 6.07) is 7.10. The number of carbonyl (C=O) groups excluding carboxylic acids is 1. The molecule has 0 saturated heterocycles. The highest BCUT2D eigenvalue weighted by Crippen LogP contribution is 2.20. The van der Waals surface area contributed by atoms with Gasteiger partial charge >= 0.3 is 12.0 Å². The third-order valence-electron chi connectivity index (χ3n) is 4.93. The monoisotopic (exact) mass is 431 g/mol. The van der Waals surface area contributed by atoms with Crippen molar-refractivity contribution in [2.75, 3.05) is 6.54 Å². The Morgan fingerprint density at radius 2 is 1.83 bits per heavy atom. The molecule has 2 aromatic rings. The first-order valence-electron chi connectivity index (χ1n) is 10.5. The molecule has 1 heterocycles. The van der Waals surface area contributed by atoms with E-state index in [0.29, 0.717) is 19.0 Å². The second-order valence-corrected chi connectivity index (χ2v) is 9.24. The van der Waals surface area contributed by atoms with Crippen molar-refractivity contribution in [2.24, 2.45) is 5.92 Å². The highest BCUT2D eigenvalue weighted by atomic mass is 32.1. The lowest BCUT2D eigenvalue weighted by Gasteiger charge is -2.26. The van der Waals surface area contributed by atoms with Crippen molar-refractivity contribution >= 4 is 23.3 Å². The average molecular weight is 432 g/mol. The number of hydrogen-bond donors (Lipinski definition) is 2. The van der Waals surface area contributed by atoms with Crippen LogP contribution in [-0.4, -0.2) is 39.6 Å². The predicted octanol–water partition coefficient (Wildman–Crippen LogP) is 4.83. The third-order valence-corrected chi connectivity index (χ3v) is 6.12. The molecule has 0 unspecified atom stereocenters. The zero-order valence-corrected chi connectivity index (χ0v) is 19.3.